The van der Waals surface area contributed by atoms with E-state index < -0.39 is 5.97 Å². The second-order valence-electron chi connectivity index (χ2n) is 3.83. The molecule has 0 aliphatic heterocycles. The highest BCUT2D eigenvalue weighted by Crippen LogP contribution is 2.36. The Morgan fingerprint density at radius 3 is 2.78 bits per heavy atom. The van der Waals surface area contributed by atoms with Gasteiger partial charge in [-0.1, -0.05) is 6.92 Å². The van der Waals surface area contributed by atoms with E-state index in [1.165, 1.54) is 11.3 Å². The van der Waals surface area contributed by atoms with E-state index >= 15 is 0 Å². The quantitative estimate of drug-likeness (QED) is 0.800. The number of hydrogen-bond donors (Lipinski definition) is 2. The summed E-state index contributed by atoms with van der Waals surface area (Å²) in [6.07, 6.45) is 0.914. The number of nitrogens with one attached hydrogen (secondary N) is 1. The lowest BCUT2D eigenvalue weighted by molar-refractivity contribution is 0.0533. The van der Waals surface area contributed by atoms with Gasteiger partial charge in [0.05, 0.1) is 12.3 Å². The molecule has 0 saturated heterocycles. The fourth-order valence-electron chi connectivity index (χ4n) is 1.33. The zero-order valence-corrected chi connectivity index (χ0v) is 11.6. The van der Waals surface area contributed by atoms with E-state index in [1.807, 2.05) is 19.9 Å². The maximum Gasteiger partial charge on any atom is 0.350 e. The third-order valence-corrected chi connectivity index (χ3v) is 3.62. The molecule has 0 radical (unpaired) electrons. The fourth-order valence-corrected chi connectivity index (χ4v) is 2.41. The number of thiophene rings is 1. The Hall–Kier alpha value is -1.74. The summed E-state index contributed by atoms with van der Waals surface area (Å²) in [7, 11) is 0. The lowest BCUT2D eigenvalue weighted by Gasteiger charge is -2.10. The van der Waals surface area contributed by atoms with Crippen LogP contribution in [0.25, 0.3) is 0 Å². The van der Waals surface area contributed by atoms with Crippen molar-refractivity contribution in [3.63, 3.8) is 0 Å². The predicted molar refractivity (Wildman–Crippen MR) is 72.8 cm³/mol. The number of nitriles is 1. The molecule has 0 fully saturated rings. The van der Waals surface area contributed by atoms with Crippen molar-refractivity contribution in [2.45, 2.75) is 33.2 Å². The van der Waals surface area contributed by atoms with Gasteiger partial charge in [-0.2, -0.15) is 5.26 Å². The molecule has 18 heavy (non-hydrogen) atoms. The summed E-state index contributed by atoms with van der Waals surface area (Å²) in [5, 5.41) is 12.9. The maximum atomic E-state index is 11.7. The van der Waals surface area contributed by atoms with Gasteiger partial charge in [0.2, 0.25) is 0 Å². The van der Waals surface area contributed by atoms with Crippen LogP contribution in [0.3, 0.4) is 0 Å². The molecule has 0 aliphatic rings. The first-order valence-corrected chi connectivity index (χ1v) is 6.62. The Morgan fingerprint density at radius 1 is 1.61 bits per heavy atom. The molecule has 1 aromatic rings. The highest BCUT2D eigenvalue weighted by Gasteiger charge is 2.22. The maximum absolute atomic E-state index is 11.7. The molecule has 6 heteroatoms. The molecule has 1 heterocycles. The monoisotopic (exact) mass is 267 g/mol. The van der Waals surface area contributed by atoms with Crippen molar-refractivity contribution in [1.29, 1.82) is 5.26 Å². The highest BCUT2D eigenvalue weighted by atomic mass is 32.1. The molecule has 1 unspecified atom stereocenters. The van der Waals surface area contributed by atoms with Gasteiger partial charge in [0.15, 0.2) is 0 Å². The van der Waals surface area contributed by atoms with E-state index in [-0.39, 0.29) is 18.3 Å². The number of ether oxygens (including phenoxy) is 1. The lowest BCUT2D eigenvalue weighted by atomic mass is 10.2. The van der Waals surface area contributed by atoms with Gasteiger partial charge in [0, 0.05) is 6.04 Å². The van der Waals surface area contributed by atoms with Crippen molar-refractivity contribution in [2.75, 3.05) is 17.7 Å². The van der Waals surface area contributed by atoms with Crippen molar-refractivity contribution in [2.24, 2.45) is 0 Å². The summed E-state index contributed by atoms with van der Waals surface area (Å²) in [6.45, 7) is 6.05. The first kappa shape index (κ1) is 14.3. The normalized spacial score (nSPS) is 11.7. The number of nitrogen functional groups attached to an aromatic ring is 1. The summed E-state index contributed by atoms with van der Waals surface area (Å²) in [6, 6.07) is 2.24. The first-order chi connectivity index (χ1) is 8.54. The van der Waals surface area contributed by atoms with Gasteiger partial charge in [-0.3, -0.25) is 0 Å². The molecule has 3 N–H and O–H groups in total. The van der Waals surface area contributed by atoms with E-state index in [0.29, 0.717) is 15.4 Å². The summed E-state index contributed by atoms with van der Waals surface area (Å²) in [5.74, 6) is -0.478. The fraction of sp³-hybridized carbons (Fsp3) is 0.500. The van der Waals surface area contributed by atoms with Gasteiger partial charge < -0.3 is 15.8 Å². The van der Waals surface area contributed by atoms with E-state index in [9.17, 15) is 4.79 Å². The summed E-state index contributed by atoms with van der Waals surface area (Å²) in [5.41, 5.74) is 6.33. The average Bonchev–Trinajstić information content (AvgIpc) is 2.65. The number of carbonyl (C=O) groups excluding carboxylic acids is 1. The van der Waals surface area contributed by atoms with Gasteiger partial charge in [-0.05, 0) is 20.3 Å². The Morgan fingerprint density at radius 2 is 2.28 bits per heavy atom. The van der Waals surface area contributed by atoms with E-state index in [0.717, 1.165) is 6.42 Å². The molecule has 5 nitrogen and oxygen atoms in total. The van der Waals surface area contributed by atoms with Crippen LogP contribution in [-0.4, -0.2) is 18.6 Å². The SMILES string of the molecule is CCOC(=O)c1sc(NC(C)CC)c(C#N)c1N. The summed E-state index contributed by atoms with van der Waals surface area (Å²) >= 11 is 1.17. The molecule has 0 saturated carbocycles. The Kier molecular flexibility index (Phi) is 4.98. The van der Waals surface area contributed by atoms with Gasteiger partial charge in [0.1, 0.15) is 21.5 Å². The molecule has 98 valence electrons. The second kappa shape index (κ2) is 6.26. The largest absolute Gasteiger partial charge is 0.462 e. The number of nitrogens with zero attached hydrogens (tertiary/aromatic N) is 1. The van der Waals surface area contributed by atoms with E-state index in [2.05, 4.69) is 5.32 Å². The van der Waals surface area contributed by atoms with Crippen LogP contribution in [-0.2, 0) is 4.74 Å². The summed E-state index contributed by atoms with van der Waals surface area (Å²) in [4.78, 5) is 12.0. The van der Waals surface area contributed by atoms with Crippen molar-refractivity contribution in [1.82, 2.24) is 0 Å². The minimum absolute atomic E-state index is 0.201. The van der Waals surface area contributed by atoms with Crippen LogP contribution >= 0.6 is 11.3 Å². The number of esters is 1. The zero-order chi connectivity index (χ0) is 13.7. The number of rotatable bonds is 5. The minimum Gasteiger partial charge on any atom is -0.462 e. The van der Waals surface area contributed by atoms with Gasteiger partial charge in [-0.25, -0.2) is 4.79 Å². The lowest BCUT2D eigenvalue weighted by Crippen LogP contribution is -2.13. The molecular weight excluding hydrogens is 250 g/mol. The molecule has 1 atom stereocenters. The molecule has 0 amide bonds. The standard InChI is InChI=1S/C12H17N3O2S/c1-4-7(3)15-11-8(6-13)9(14)10(18-11)12(16)17-5-2/h7,15H,4-5,14H2,1-3H3. The molecule has 1 aromatic heterocycles. The average molecular weight is 267 g/mol. The molecule has 0 aromatic carbocycles. The third-order valence-electron chi connectivity index (χ3n) is 2.51. The number of nitrogens with two attached hydrogens (primary N) is 1. The first-order valence-electron chi connectivity index (χ1n) is 5.81. The van der Waals surface area contributed by atoms with Crippen LogP contribution in [0.15, 0.2) is 0 Å². The minimum atomic E-state index is -0.478. The van der Waals surface area contributed by atoms with Crippen LogP contribution in [0.4, 0.5) is 10.7 Å². The van der Waals surface area contributed by atoms with Crippen LogP contribution in [0, 0.1) is 11.3 Å². The third kappa shape index (κ3) is 2.93. The van der Waals surface area contributed by atoms with Crippen molar-refractivity contribution >= 4 is 28.0 Å². The van der Waals surface area contributed by atoms with Crippen LogP contribution < -0.4 is 11.1 Å². The van der Waals surface area contributed by atoms with Crippen molar-refractivity contribution in [3.8, 4) is 6.07 Å². The number of carbonyl (C=O) groups is 1. The summed E-state index contributed by atoms with van der Waals surface area (Å²) < 4.78 is 4.91. The second-order valence-corrected chi connectivity index (χ2v) is 4.86. The Labute approximate surface area is 111 Å². The molecule has 1 rings (SSSR count). The van der Waals surface area contributed by atoms with E-state index in [4.69, 9.17) is 15.7 Å². The number of anilines is 2. The number of hydrogen-bond acceptors (Lipinski definition) is 6. The highest BCUT2D eigenvalue weighted by molar-refractivity contribution is 7.18. The van der Waals surface area contributed by atoms with Crippen LogP contribution in [0.1, 0.15) is 42.4 Å². The van der Waals surface area contributed by atoms with E-state index in [1.54, 1.807) is 6.92 Å². The van der Waals surface area contributed by atoms with Gasteiger partial charge in [-0.15, -0.1) is 11.3 Å². The smallest absolute Gasteiger partial charge is 0.350 e. The molecule has 0 bridgehead atoms. The van der Waals surface area contributed by atoms with Gasteiger partial charge >= 0.3 is 5.97 Å². The van der Waals surface area contributed by atoms with Crippen molar-refractivity contribution in [3.05, 3.63) is 10.4 Å². The molecular formula is C12H17N3O2S. The predicted octanol–water partition coefficient (Wildman–Crippen LogP) is 2.59. The molecule has 0 spiro atoms. The van der Waals surface area contributed by atoms with Crippen LogP contribution in [0.2, 0.25) is 0 Å². The topological polar surface area (TPSA) is 88.1 Å². The van der Waals surface area contributed by atoms with Gasteiger partial charge in [0.25, 0.3) is 0 Å². The molecule has 0 aliphatic carbocycles. The van der Waals surface area contributed by atoms with Crippen molar-refractivity contribution < 1.29 is 9.53 Å². The van der Waals surface area contributed by atoms with Crippen LogP contribution in [0.5, 0.6) is 0 Å². The zero-order valence-electron chi connectivity index (χ0n) is 10.7. The Bertz CT molecular complexity index is 476. The Balaban J connectivity index is 3.10.